The molecule has 6 heteroatoms. The largest absolute Gasteiger partial charge is 0.433 e. The highest BCUT2D eigenvalue weighted by atomic mass is 79.9. The van der Waals surface area contributed by atoms with Crippen LogP contribution in [0, 0.1) is 0 Å². The maximum absolute atomic E-state index is 12.5. The Morgan fingerprint density at radius 3 is 2.29 bits per heavy atom. The molecule has 0 atom stereocenters. The van der Waals surface area contributed by atoms with Crippen molar-refractivity contribution < 1.29 is 13.2 Å². The molecule has 0 amide bonds. The summed E-state index contributed by atoms with van der Waals surface area (Å²) >= 11 is 3.34. The van der Waals surface area contributed by atoms with Crippen molar-refractivity contribution in [2.75, 3.05) is 0 Å². The van der Waals surface area contributed by atoms with Gasteiger partial charge in [0, 0.05) is 27.8 Å². The molecule has 0 N–H and O–H groups in total. The lowest BCUT2D eigenvalue weighted by atomic mass is 10.1. The first-order chi connectivity index (χ1) is 9.93. The van der Waals surface area contributed by atoms with E-state index in [0.717, 1.165) is 27.0 Å². The van der Waals surface area contributed by atoms with Crippen LogP contribution in [0.3, 0.4) is 0 Å². The first-order valence-electron chi connectivity index (χ1n) is 6.02. The molecule has 1 aromatic carbocycles. The summed E-state index contributed by atoms with van der Waals surface area (Å²) in [5, 5.41) is 0.952. The van der Waals surface area contributed by atoms with Crippen molar-refractivity contribution in [1.82, 2.24) is 9.97 Å². The number of halogens is 4. The quantitative estimate of drug-likeness (QED) is 0.610. The van der Waals surface area contributed by atoms with Crippen molar-refractivity contribution in [3.8, 4) is 11.1 Å². The highest BCUT2D eigenvalue weighted by Gasteiger charge is 2.32. The molecule has 0 unspecified atom stereocenters. The average molecular weight is 353 g/mol. The van der Waals surface area contributed by atoms with Crippen molar-refractivity contribution >= 4 is 26.8 Å². The molecule has 2 nitrogen and oxygen atoms in total. The van der Waals surface area contributed by atoms with Crippen LogP contribution in [0.2, 0.25) is 0 Å². The fraction of sp³-hybridized carbons (Fsp3) is 0.0667. The summed E-state index contributed by atoms with van der Waals surface area (Å²) in [4.78, 5) is 7.74. The van der Waals surface area contributed by atoms with Gasteiger partial charge in [0.15, 0.2) is 0 Å². The van der Waals surface area contributed by atoms with E-state index in [2.05, 4.69) is 25.9 Å². The normalized spacial score (nSPS) is 11.8. The van der Waals surface area contributed by atoms with Crippen LogP contribution in [0.1, 0.15) is 5.69 Å². The summed E-state index contributed by atoms with van der Waals surface area (Å²) in [7, 11) is 0. The third-order valence-electron chi connectivity index (χ3n) is 3.04. The second-order valence-corrected chi connectivity index (χ2v) is 5.41. The number of benzene rings is 1. The maximum Gasteiger partial charge on any atom is 0.433 e. The van der Waals surface area contributed by atoms with Crippen molar-refractivity contribution in [2.45, 2.75) is 6.18 Å². The van der Waals surface area contributed by atoms with E-state index in [4.69, 9.17) is 0 Å². The fourth-order valence-corrected chi connectivity index (χ4v) is 2.36. The Morgan fingerprint density at radius 1 is 0.857 bits per heavy atom. The van der Waals surface area contributed by atoms with E-state index in [1.165, 1.54) is 12.3 Å². The van der Waals surface area contributed by atoms with Crippen LogP contribution in [0.15, 0.2) is 53.3 Å². The number of fused-ring (bicyclic) bond motifs is 1. The molecule has 0 aliphatic carbocycles. The van der Waals surface area contributed by atoms with Gasteiger partial charge in [0.25, 0.3) is 0 Å². The number of aromatic nitrogens is 2. The number of hydrogen-bond donors (Lipinski definition) is 0. The topological polar surface area (TPSA) is 25.8 Å². The molecule has 0 radical (unpaired) electrons. The Kier molecular flexibility index (Phi) is 3.41. The van der Waals surface area contributed by atoms with Gasteiger partial charge in [0.05, 0.1) is 5.52 Å². The standard InChI is InChI=1S/C15H8BrF3N2/c16-12-5-10-2-1-9(6-13(10)20-8-12)11-3-4-14(21-7-11)15(17,18)19/h1-8H. The molecule has 2 aromatic heterocycles. The highest BCUT2D eigenvalue weighted by molar-refractivity contribution is 9.10. The molecule has 0 aliphatic rings. The smallest absolute Gasteiger partial charge is 0.255 e. The second-order valence-electron chi connectivity index (χ2n) is 4.49. The Labute approximate surface area is 126 Å². The predicted molar refractivity (Wildman–Crippen MR) is 77.7 cm³/mol. The second kappa shape index (κ2) is 5.11. The summed E-state index contributed by atoms with van der Waals surface area (Å²) < 4.78 is 38.3. The van der Waals surface area contributed by atoms with Gasteiger partial charge in [-0.25, -0.2) is 0 Å². The van der Waals surface area contributed by atoms with Crippen LogP contribution in [0.5, 0.6) is 0 Å². The predicted octanol–water partition coefficient (Wildman–Crippen LogP) is 5.08. The van der Waals surface area contributed by atoms with Crippen molar-refractivity contribution in [3.05, 3.63) is 59.0 Å². The molecule has 0 saturated heterocycles. The fourth-order valence-electron chi connectivity index (χ4n) is 2.01. The summed E-state index contributed by atoms with van der Waals surface area (Å²) in [6.45, 7) is 0. The van der Waals surface area contributed by atoms with Gasteiger partial charge in [-0.15, -0.1) is 0 Å². The van der Waals surface area contributed by atoms with Gasteiger partial charge < -0.3 is 0 Å². The summed E-state index contributed by atoms with van der Waals surface area (Å²) in [5.41, 5.74) is 1.28. The van der Waals surface area contributed by atoms with Gasteiger partial charge in [0.1, 0.15) is 5.69 Å². The molecule has 0 fully saturated rings. The minimum Gasteiger partial charge on any atom is -0.255 e. The van der Waals surface area contributed by atoms with E-state index in [-0.39, 0.29) is 0 Å². The minimum atomic E-state index is -4.42. The Hall–Kier alpha value is -1.95. The SMILES string of the molecule is FC(F)(F)c1ccc(-c2ccc3cc(Br)cnc3c2)cn1. The first-order valence-corrected chi connectivity index (χ1v) is 6.82. The molecule has 3 aromatic rings. The van der Waals surface area contributed by atoms with Crippen LogP contribution in [0.25, 0.3) is 22.0 Å². The van der Waals surface area contributed by atoms with Crippen molar-refractivity contribution in [3.63, 3.8) is 0 Å². The zero-order chi connectivity index (χ0) is 15.0. The zero-order valence-electron chi connectivity index (χ0n) is 10.5. The molecule has 0 spiro atoms. The molecular formula is C15H8BrF3N2. The van der Waals surface area contributed by atoms with Crippen LogP contribution >= 0.6 is 15.9 Å². The number of nitrogens with zero attached hydrogens (tertiary/aromatic N) is 2. The Morgan fingerprint density at radius 2 is 1.62 bits per heavy atom. The molecular weight excluding hydrogens is 345 g/mol. The van der Waals surface area contributed by atoms with Crippen LogP contribution in [-0.2, 0) is 6.18 Å². The van der Waals surface area contributed by atoms with E-state index in [1.54, 1.807) is 6.20 Å². The zero-order valence-corrected chi connectivity index (χ0v) is 12.1. The Bertz CT molecular complexity index is 798. The minimum absolute atomic E-state index is 0.620. The molecule has 0 bridgehead atoms. The van der Waals surface area contributed by atoms with Crippen LogP contribution in [-0.4, -0.2) is 9.97 Å². The third kappa shape index (κ3) is 2.90. The van der Waals surface area contributed by atoms with E-state index < -0.39 is 11.9 Å². The van der Waals surface area contributed by atoms with E-state index >= 15 is 0 Å². The van der Waals surface area contributed by atoms with Gasteiger partial charge >= 0.3 is 6.18 Å². The lowest BCUT2D eigenvalue weighted by Crippen LogP contribution is -2.07. The van der Waals surface area contributed by atoms with Gasteiger partial charge in [0.2, 0.25) is 0 Å². The third-order valence-corrected chi connectivity index (χ3v) is 3.47. The number of rotatable bonds is 1. The highest BCUT2D eigenvalue weighted by Crippen LogP contribution is 2.30. The summed E-state index contributed by atoms with van der Waals surface area (Å²) in [6.07, 6.45) is -1.52. The molecule has 106 valence electrons. The molecule has 0 aliphatic heterocycles. The number of pyridine rings is 2. The Balaban J connectivity index is 2.02. The van der Waals surface area contributed by atoms with Crippen LogP contribution < -0.4 is 0 Å². The lowest BCUT2D eigenvalue weighted by molar-refractivity contribution is -0.141. The van der Waals surface area contributed by atoms with E-state index in [0.29, 0.717) is 5.56 Å². The maximum atomic E-state index is 12.5. The molecule has 21 heavy (non-hydrogen) atoms. The molecule has 3 rings (SSSR count). The van der Waals surface area contributed by atoms with Crippen LogP contribution in [0.4, 0.5) is 13.2 Å². The first kappa shape index (κ1) is 14.0. The summed E-state index contributed by atoms with van der Waals surface area (Å²) in [5.74, 6) is 0. The van der Waals surface area contributed by atoms with Crippen molar-refractivity contribution in [2.24, 2.45) is 0 Å². The van der Waals surface area contributed by atoms with Crippen molar-refractivity contribution in [1.29, 1.82) is 0 Å². The molecule has 2 heterocycles. The van der Waals surface area contributed by atoms with E-state index in [1.807, 2.05) is 24.3 Å². The van der Waals surface area contributed by atoms with Gasteiger partial charge in [-0.05, 0) is 39.7 Å². The van der Waals surface area contributed by atoms with E-state index in [9.17, 15) is 13.2 Å². The van der Waals surface area contributed by atoms with Gasteiger partial charge in [-0.2, -0.15) is 13.2 Å². The molecule has 0 saturated carbocycles. The monoisotopic (exact) mass is 352 g/mol. The van der Waals surface area contributed by atoms with Gasteiger partial charge in [-0.3, -0.25) is 9.97 Å². The number of alkyl halides is 3. The number of hydrogen-bond acceptors (Lipinski definition) is 2. The average Bonchev–Trinajstić information content (AvgIpc) is 2.46. The lowest BCUT2D eigenvalue weighted by Gasteiger charge is -2.07. The van der Waals surface area contributed by atoms with Gasteiger partial charge in [-0.1, -0.05) is 18.2 Å². The summed E-state index contributed by atoms with van der Waals surface area (Å²) in [6, 6.07) is 9.86.